The van der Waals surface area contributed by atoms with Crippen LogP contribution in [0, 0.1) is 10.1 Å². The molecule has 146 valence electrons. The second kappa shape index (κ2) is 9.66. The molecule has 3 rings (SSSR count). The van der Waals surface area contributed by atoms with E-state index in [2.05, 4.69) is 39.4 Å². The van der Waals surface area contributed by atoms with Gasteiger partial charge in [0.25, 0.3) is 5.69 Å². The number of hydrogen-bond acceptors (Lipinski definition) is 5. The van der Waals surface area contributed by atoms with Gasteiger partial charge in [0.05, 0.1) is 4.92 Å². The molecule has 0 spiro atoms. The van der Waals surface area contributed by atoms with Crippen LogP contribution in [-0.4, -0.2) is 55.0 Å². The third-order valence-electron chi connectivity index (χ3n) is 4.73. The molecule has 7 heteroatoms. The summed E-state index contributed by atoms with van der Waals surface area (Å²) in [6.45, 7) is 5.26. The van der Waals surface area contributed by atoms with Crippen molar-refractivity contribution in [2.24, 2.45) is 0 Å². The van der Waals surface area contributed by atoms with Crippen molar-refractivity contribution in [3.63, 3.8) is 0 Å². The number of amides is 1. The van der Waals surface area contributed by atoms with E-state index in [0.29, 0.717) is 12.1 Å². The molecule has 2 aromatic rings. The van der Waals surface area contributed by atoms with Crippen molar-refractivity contribution < 1.29 is 9.72 Å². The van der Waals surface area contributed by atoms with Crippen molar-refractivity contribution in [3.05, 3.63) is 76.4 Å². The second-order valence-electron chi connectivity index (χ2n) is 6.64. The van der Waals surface area contributed by atoms with Gasteiger partial charge in [-0.15, -0.1) is 0 Å². The molecule has 1 amide bonds. The predicted molar refractivity (Wildman–Crippen MR) is 110 cm³/mol. The summed E-state index contributed by atoms with van der Waals surface area (Å²) >= 11 is 0. The van der Waals surface area contributed by atoms with Crippen LogP contribution in [0.3, 0.4) is 0 Å². The number of carbonyl (C=O) groups excluding carboxylic acids is 1. The molecule has 0 bridgehead atoms. The smallest absolute Gasteiger partial charge is 0.270 e. The Kier molecular flexibility index (Phi) is 6.75. The molecule has 28 heavy (non-hydrogen) atoms. The van der Waals surface area contributed by atoms with E-state index < -0.39 is 4.92 Å². The van der Waals surface area contributed by atoms with E-state index in [4.69, 9.17) is 0 Å². The number of nitrogens with one attached hydrogen (secondary N) is 1. The van der Waals surface area contributed by atoms with E-state index in [1.54, 1.807) is 18.2 Å². The normalized spacial score (nSPS) is 14.9. The van der Waals surface area contributed by atoms with Crippen molar-refractivity contribution in [2.45, 2.75) is 0 Å². The van der Waals surface area contributed by atoms with Gasteiger partial charge >= 0.3 is 0 Å². The van der Waals surface area contributed by atoms with Gasteiger partial charge in [-0.3, -0.25) is 19.8 Å². The maximum absolute atomic E-state index is 12.0. The molecule has 0 unspecified atom stereocenters. The van der Waals surface area contributed by atoms with E-state index in [-0.39, 0.29) is 11.6 Å². The Hall–Kier alpha value is -3.19. The quantitative estimate of drug-likeness (QED) is 0.454. The lowest BCUT2D eigenvalue weighted by Gasteiger charge is -2.36. The van der Waals surface area contributed by atoms with Gasteiger partial charge in [-0.25, -0.2) is 0 Å². The molecule has 0 atom stereocenters. The first kappa shape index (κ1) is 19.6. The standard InChI is InChI=1S/C21H24N4O3/c26-21(10-9-18-5-4-8-20(17-18)25(27)28)22-11-12-23-13-15-24(16-14-23)19-6-2-1-3-7-19/h1-10,17H,11-16H2,(H,22,26)/b10-9+. The monoisotopic (exact) mass is 380 g/mol. The number of piperazine rings is 1. The molecule has 1 fully saturated rings. The fourth-order valence-electron chi connectivity index (χ4n) is 3.18. The minimum absolute atomic E-state index is 0.0113. The van der Waals surface area contributed by atoms with Crippen LogP contribution in [0.2, 0.25) is 0 Å². The zero-order valence-corrected chi connectivity index (χ0v) is 15.7. The topological polar surface area (TPSA) is 78.7 Å². The lowest BCUT2D eigenvalue weighted by molar-refractivity contribution is -0.384. The fourth-order valence-corrected chi connectivity index (χ4v) is 3.18. The Labute approximate surface area is 164 Å². The van der Waals surface area contributed by atoms with E-state index in [1.807, 2.05) is 6.07 Å². The summed E-state index contributed by atoms with van der Waals surface area (Å²) in [5, 5.41) is 13.6. The number of carbonyl (C=O) groups is 1. The van der Waals surface area contributed by atoms with Crippen LogP contribution < -0.4 is 10.2 Å². The zero-order chi connectivity index (χ0) is 19.8. The van der Waals surface area contributed by atoms with Gasteiger partial charge < -0.3 is 10.2 Å². The fraction of sp³-hybridized carbons (Fsp3) is 0.286. The highest BCUT2D eigenvalue weighted by atomic mass is 16.6. The lowest BCUT2D eigenvalue weighted by atomic mass is 10.2. The number of para-hydroxylation sites is 1. The molecule has 1 saturated heterocycles. The van der Waals surface area contributed by atoms with Crippen LogP contribution in [0.1, 0.15) is 5.56 Å². The van der Waals surface area contributed by atoms with Crippen LogP contribution in [0.15, 0.2) is 60.7 Å². The molecular formula is C21H24N4O3. The summed E-state index contributed by atoms with van der Waals surface area (Å²) in [4.78, 5) is 27.0. The van der Waals surface area contributed by atoms with E-state index in [9.17, 15) is 14.9 Å². The van der Waals surface area contributed by atoms with Crippen molar-refractivity contribution >= 4 is 23.4 Å². The van der Waals surface area contributed by atoms with Gasteiger partial charge in [-0.2, -0.15) is 0 Å². The molecule has 1 N–H and O–H groups in total. The maximum Gasteiger partial charge on any atom is 0.270 e. The number of rotatable bonds is 7. The number of hydrogen-bond donors (Lipinski definition) is 1. The largest absolute Gasteiger partial charge is 0.369 e. The summed E-state index contributed by atoms with van der Waals surface area (Å²) in [6.07, 6.45) is 2.99. The Morgan fingerprint density at radius 2 is 1.82 bits per heavy atom. The van der Waals surface area contributed by atoms with Gasteiger partial charge in [0.15, 0.2) is 0 Å². The highest BCUT2D eigenvalue weighted by molar-refractivity contribution is 5.91. The molecule has 1 aliphatic heterocycles. The van der Waals surface area contributed by atoms with E-state index >= 15 is 0 Å². The first-order valence-electron chi connectivity index (χ1n) is 9.34. The molecular weight excluding hydrogens is 356 g/mol. The van der Waals surface area contributed by atoms with Crippen LogP contribution in [0.5, 0.6) is 0 Å². The van der Waals surface area contributed by atoms with Crippen molar-refractivity contribution in [2.75, 3.05) is 44.2 Å². The molecule has 1 heterocycles. The first-order valence-corrected chi connectivity index (χ1v) is 9.34. The van der Waals surface area contributed by atoms with Crippen molar-refractivity contribution in [1.29, 1.82) is 0 Å². The van der Waals surface area contributed by atoms with Crippen molar-refractivity contribution in [3.8, 4) is 0 Å². The first-order chi connectivity index (χ1) is 13.6. The molecule has 0 aliphatic carbocycles. The van der Waals surface area contributed by atoms with Crippen LogP contribution in [-0.2, 0) is 4.79 Å². The highest BCUT2D eigenvalue weighted by Crippen LogP contribution is 2.15. The molecule has 1 aliphatic rings. The molecule has 0 saturated carbocycles. The number of nitro benzene ring substituents is 1. The summed E-state index contributed by atoms with van der Waals surface area (Å²) in [6, 6.07) is 16.6. The molecule has 0 radical (unpaired) electrons. The Balaban J connectivity index is 1.38. The van der Waals surface area contributed by atoms with Gasteiger partial charge in [0.2, 0.25) is 5.91 Å². The SMILES string of the molecule is O=C(/C=C/c1cccc([N+](=O)[O-])c1)NCCN1CCN(c2ccccc2)CC1. The number of benzene rings is 2. The number of anilines is 1. The number of nitrogens with zero attached hydrogens (tertiary/aromatic N) is 3. The van der Waals surface area contributed by atoms with Gasteiger partial charge in [-0.1, -0.05) is 30.3 Å². The Morgan fingerprint density at radius 1 is 1.07 bits per heavy atom. The summed E-state index contributed by atoms with van der Waals surface area (Å²) in [5.74, 6) is -0.200. The number of non-ortho nitro benzene ring substituents is 1. The summed E-state index contributed by atoms with van der Waals surface area (Å²) < 4.78 is 0. The average Bonchev–Trinajstić information content (AvgIpc) is 2.73. The molecule has 7 nitrogen and oxygen atoms in total. The van der Waals surface area contributed by atoms with Gasteiger partial charge in [0.1, 0.15) is 0 Å². The average molecular weight is 380 g/mol. The minimum atomic E-state index is -0.449. The van der Waals surface area contributed by atoms with Crippen molar-refractivity contribution in [1.82, 2.24) is 10.2 Å². The minimum Gasteiger partial charge on any atom is -0.369 e. The third-order valence-corrected chi connectivity index (χ3v) is 4.73. The zero-order valence-electron chi connectivity index (χ0n) is 15.7. The second-order valence-corrected chi connectivity index (χ2v) is 6.64. The van der Waals surface area contributed by atoms with E-state index in [1.165, 1.54) is 23.9 Å². The lowest BCUT2D eigenvalue weighted by Crippen LogP contribution is -2.48. The summed E-state index contributed by atoms with van der Waals surface area (Å²) in [5.41, 5.74) is 1.89. The summed E-state index contributed by atoms with van der Waals surface area (Å²) in [7, 11) is 0. The predicted octanol–water partition coefficient (Wildman–Crippen LogP) is 2.55. The number of nitro groups is 1. The Morgan fingerprint density at radius 3 is 2.54 bits per heavy atom. The third kappa shape index (κ3) is 5.65. The van der Waals surface area contributed by atoms with Crippen LogP contribution in [0.25, 0.3) is 6.08 Å². The Bertz CT molecular complexity index is 831. The van der Waals surface area contributed by atoms with Crippen LogP contribution >= 0.6 is 0 Å². The molecule has 0 aromatic heterocycles. The molecule has 2 aromatic carbocycles. The van der Waals surface area contributed by atoms with Gasteiger partial charge in [0, 0.05) is 63.2 Å². The van der Waals surface area contributed by atoms with E-state index in [0.717, 1.165) is 32.7 Å². The van der Waals surface area contributed by atoms with Gasteiger partial charge in [-0.05, 0) is 23.8 Å². The van der Waals surface area contributed by atoms with Crippen LogP contribution in [0.4, 0.5) is 11.4 Å². The highest BCUT2D eigenvalue weighted by Gasteiger charge is 2.16. The maximum atomic E-state index is 12.0.